The number of benzene rings is 1. The van der Waals surface area contributed by atoms with Crippen molar-refractivity contribution in [2.24, 2.45) is 11.8 Å². The standard InChI is InChI=1S/C30H36F4N6O3/c1-16(2)40-22(8-10-35-40)28(42)39-26(23-7-9-29(31,32)15-43-23)27-36-20-6-5-19(12-21(20)37-27)25(18-3-4-18)38-24(41)11-17-13-30(33,34)14-17/h5-6,8,10,12,16-18,23,25-26H,3-4,7,9,11,13-15H2,1-2H3,(H,36,37)(H,38,41)(H,39,42)/t23-,25+,26-/m0/s1. The van der Waals surface area contributed by atoms with Crippen LogP contribution in [-0.4, -0.2) is 56.1 Å². The van der Waals surface area contributed by atoms with Crippen LogP contribution in [0.15, 0.2) is 30.5 Å². The van der Waals surface area contributed by atoms with Crippen LogP contribution in [-0.2, 0) is 9.53 Å². The van der Waals surface area contributed by atoms with Crippen LogP contribution < -0.4 is 10.6 Å². The Morgan fingerprint density at radius 2 is 1.84 bits per heavy atom. The van der Waals surface area contributed by atoms with Crippen LogP contribution in [0.3, 0.4) is 0 Å². The van der Waals surface area contributed by atoms with E-state index in [9.17, 15) is 27.2 Å². The third-order valence-corrected chi connectivity index (χ3v) is 8.59. The van der Waals surface area contributed by atoms with Crippen LogP contribution in [0.1, 0.15) is 98.8 Å². The van der Waals surface area contributed by atoms with E-state index in [-0.39, 0.29) is 61.9 Å². The molecule has 43 heavy (non-hydrogen) atoms. The lowest BCUT2D eigenvalue weighted by Crippen LogP contribution is -2.44. The van der Waals surface area contributed by atoms with Gasteiger partial charge in [-0.2, -0.15) is 5.10 Å². The van der Waals surface area contributed by atoms with Crippen LogP contribution in [0.2, 0.25) is 0 Å². The fraction of sp³-hybridized carbons (Fsp3) is 0.600. The maximum absolute atomic E-state index is 13.9. The second-order valence-electron chi connectivity index (χ2n) is 12.6. The van der Waals surface area contributed by atoms with E-state index < -0.39 is 36.5 Å². The zero-order valence-corrected chi connectivity index (χ0v) is 24.1. The number of hydrogen-bond acceptors (Lipinski definition) is 5. The Labute approximate surface area is 246 Å². The monoisotopic (exact) mass is 604 g/mol. The molecule has 0 unspecified atom stereocenters. The van der Waals surface area contributed by atoms with Gasteiger partial charge in [0.25, 0.3) is 11.8 Å². The van der Waals surface area contributed by atoms with Crippen molar-refractivity contribution >= 4 is 22.8 Å². The molecule has 9 nitrogen and oxygen atoms in total. The molecule has 2 aliphatic carbocycles. The van der Waals surface area contributed by atoms with Gasteiger partial charge in [-0.15, -0.1) is 0 Å². The number of aromatic nitrogens is 4. The third kappa shape index (κ3) is 6.56. The Balaban J connectivity index is 1.24. The molecule has 3 aliphatic rings. The van der Waals surface area contributed by atoms with Crippen LogP contribution in [0.5, 0.6) is 0 Å². The third-order valence-electron chi connectivity index (χ3n) is 8.59. The maximum Gasteiger partial charge on any atom is 0.271 e. The Morgan fingerprint density at radius 3 is 2.49 bits per heavy atom. The molecule has 2 amide bonds. The van der Waals surface area contributed by atoms with Gasteiger partial charge in [-0.1, -0.05) is 6.07 Å². The molecular weight excluding hydrogens is 568 g/mol. The zero-order chi connectivity index (χ0) is 30.5. The fourth-order valence-corrected chi connectivity index (χ4v) is 6.17. The second-order valence-corrected chi connectivity index (χ2v) is 12.6. The number of H-pyrrole nitrogens is 1. The molecule has 0 radical (unpaired) electrons. The fourth-order valence-electron chi connectivity index (χ4n) is 6.17. The van der Waals surface area contributed by atoms with Crippen molar-refractivity contribution in [3.63, 3.8) is 0 Å². The normalized spacial score (nSPS) is 23.1. The number of aromatic amines is 1. The minimum atomic E-state index is -2.94. The highest BCUT2D eigenvalue weighted by molar-refractivity contribution is 5.93. The van der Waals surface area contributed by atoms with Crippen molar-refractivity contribution in [1.29, 1.82) is 0 Å². The molecule has 1 aliphatic heterocycles. The average molecular weight is 605 g/mol. The van der Waals surface area contributed by atoms with Gasteiger partial charge in [-0.3, -0.25) is 14.3 Å². The highest BCUT2D eigenvalue weighted by Crippen LogP contribution is 2.45. The van der Waals surface area contributed by atoms with Gasteiger partial charge in [0.05, 0.1) is 23.2 Å². The number of halogens is 4. The molecule has 2 saturated carbocycles. The highest BCUT2D eigenvalue weighted by atomic mass is 19.3. The van der Waals surface area contributed by atoms with E-state index in [1.165, 1.54) is 6.20 Å². The predicted molar refractivity (Wildman–Crippen MR) is 149 cm³/mol. The zero-order valence-electron chi connectivity index (χ0n) is 24.1. The first-order valence-electron chi connectivity index (χ1n) is 14.9. The molecular formula is C30H36F4N6O3. The smallest absolute Gasteiger partial charge is 0.271 e. The molecule has 3 atom stereocenters. The molecule has 13 heteroatoms. The molecule has 2 aromatic heterocycles. The topological polar surface area (TPSA) is 114 Å². The van der Waals surface area contributed by atoms with Crippen molar-refractivity contribution in [2.45, 2.75) is 94.9 Å². The summed E-state index contributed by atoms with van der Waals surface area (Å²) in [5.74, 6) is -5.96. The Bertz CT molecular complexity index is 1480. The van der Waals surface area contributed by atoms with Gasteiger partial charge < -0.3 is 20.4 Å². The SMILES string of the molecule is CC(C)n1nccc1C(=O)N[C@H](c1nc2ccc([C@H](NC(=O)CC3CC(F)(F)C3)C3CC3)cc2[nH]1)[C@@H]1CCC(F)(F)CO1. The van der Waals surface area contributed by atoms with Gasteiger partial charge in [0.1, 0.15) is 24.2 Å². The molecule has 3 aromatic rings. The van der Waals surface area contributed by atoms with E-state index in [1.54, 1.807) is 16.8 Å². The van der Waals surface area contributed by atoms with E-state index >= 15 is 0 Å². The minimum Gasteiger partial charge on any atom is -0.369 e. The van der Waals surface area contributed by atoms with Crippen molar-refractivity contribution < 1.29 is 31.9 Å². The van der Waals surface area contributed by atoms with Crippen molar-refractivity contribution in [2.75, 3.05) is 6.61 Å². The molecule has 6 rings (SSSR count). The summed E-state index contributed by atoms with van der Waals surface area (Å²) in [6.45, 7) is 3.04. The molecule has 3 fully saturated rings. The molecule has 1 saturated heterocycles. The summed E-state index contributed by atoms with van der Waals surface area (Å²) < 4.78 is 61.5. The number of fused-ring (bicyclic) bond motifs is 1. The van der Waals surface area contributed by atoms with Crippen LogP contribution >= 0.6 is 0 Å². The van der Waals surface area contributed by atoms with Gasteiger partial charge in [0.15, 0.2) is 0 Å². The van der Waals surface area contributed by atoms with E-state index in [0.29, 0.717) is 22.6 Å². The molecule has 0 spiro atoms. The molecule has 3 N–H and O–H groups in total. The largest absolute Gasteiger partial charge is 0.369 e. The Hall–Kier alpha value is -3.48. The molecule has 3 heterocycles. The van der Waals surface area contributed by atoms with Crippen molar-refractivity contribution in [1.82, 2.24) is 30.4 Å². The number of nitrogens with zero attached hydrogens (tertiary/aromatic N) is 3. The first-order valence-corrected chi connectivity index (χ1v) is 14.9. The first kappa shape index (κ1) is 29.6. The molecule has 1 aromatic carbocycles. The quantitative estimate of drug-likeness (QED) is 0.260. The van der Waals surface area contributed by atoms with Gasteiger partial charge >= 0.3 is 0 Å². The van der Waals surface area contributed by atoms with E-state index in [1.807, 2.05) is 26.0 Å². The Kier molecular flexibility index (Phi) is 7.72. The van der Waals surface area contributed by atoms with Crippen LogP contribution in [0, 0.1) is 11.8 Å². The van der Waals surface area contributed by atoms with E-state index in [0.717, 1.165) is 18.4 Å². The van der Waals surface area contributed by atoms with Crippen molar-refractivity contribution in [3.05, 3.63) is 47.5 Å². The summed E-state index contributed by atoms with van der Waals surface area (Å²) in [7, 11) is 0. The lowest BCUT2D eigenvalue weighted by atomic mass is 9.79. The maximum atomic E-state index is 13.9. The first-order chi connectivity index (χ1) is 20.4. The molecule has 232 valence electrons. The summed E-state index contributed by atoms with van der Waals surface area (Å²) in [5.41, 5.74) is 2.43. The number of ether oxygens (including phenoxy) is 1. The number of nitrogens with one attached hydrogen (secondary N) is 3. The summed E-state index contributed by atoms with van der Waals surface area (Å²) in [4.78, 5) is 34.0. The molecule has 0 bridgehead atoms. The lowest BCUT2D eigenvalue weighted by Gasteiger charge is -2.34. The summed E-state index contributed by atoms with van der Waals surface area (Å²) in [6.07, 6.45) is 1.90. The average Bonchev–Trinajstić information content (AvgIpc) is 3.47. The number of alkyl halides is 4. The second kappa shape index (κ2) is 11.2. The van der Waals surface area contributed by atoms with E-state index in [2.05, 4.69) is 20.7 Å². The van der Waals surface area contributed by atoms with Gasteiger partial charge in [-0.25, -0.2) is 22.5 Å². The van der Waals surface area contributed by atoms with Gasteiger partial charge in [-0.05, 0) is 68.7 Å². The van der Waals surface area contributed by atoms with Gasteiger partial charge in [0, 0.05) is 37.9 Å². The highest BCUT2D eigenvalue weighted by Gasteiger charge is 2.46. The Morgan fingerprint density at radius 1 is 1.07 bits per heavy atom. The summed E-state index contributed by atoms with van der Waals surface area (Å²) in [5, 5.41) is 10.2. The van der Waals surface area contributed by atoms with Crippen molar-refractivity contribution in [3.8, 4) is 0 Å². The number of hydrogen-bond donors (Lipinski definition) is 3. The number of rotatable bonds is 10. The van der Waals surface area contributed by atoms with Crippen LogP contribution in [0.4, 0.5) is 17.6 Å². The summed E-state index contributed by atoms with van der Waals surface area (Å²) in [6, 6.07) is 5.99. The number of carbonyl (C=O) groups excluding carboxylic acids is 2. The number of carbonyl (C=O) groups is 2. The van der Waals surface area contributed by atoms with Gasteiger partial charge in [0.2, 0.25) is 11.8 Å². The number of imidazole rings is 1. The number of amides is 2. The van der Waals surface area contributed by atoms with E-state index in [4.69, 9.17) is 9.72 Å². The summed E-state index contributed by atoms with van der Waals surface area (Å²) >= 11 is 0. The van der Waals surface area contributed by atoms with Crippen LogP contribution in [0.25, 0.3) is 11.0 Å². The predicted octanol–water partition coefficient (Wildman–Crippen LogP) is 5.63. The minimum absolute atomic E-state index is 0.0202. The lowest BCUT2D eigenvalue weighted by molar-refractivity contribution is -0.151.